The van der Waals surface area contributed by atoms with Crippen LogP contribution >= 0.6 is 0 Å². The number of amides is 1. The molecule has 0 saturated heterocycles. The molecule has 1 aromatic carbocycles. The zero-order chi connectivity index (χ0) is 19.3. The minimum atomic E-state index is -1.04. The summed E-state index contributed by atoms with van der Waals surface area (Å²) in [5.74, 6) is -1.56. The molecule has 2 N–H and O–H groups in total. The number of nitrogens with zero attached hydrogens (tertiary/aromatic N) is 2. The molecule has 0 aliphatic heterocycles. The van der Waals surface area contributed by atoms with Gasteiger partial charge in [-0.2, -0.15) is 0 Å². The zero-order valence-electron chi connectivity index (χ0n) is 15.6. The Balaban J connectivity index is 2.17. The molecule has 2 aromatic rings. The number of hydrogen-bond donors (Lipinski definition) is 2. The number of nitrogens with one attached hydrogen (secondary N) is 1. The van der Waals surface area contributed by atoms with Gasteiger partial charge in [0.25, 0.3) is 0 Å². The van der Waals surface area contributed by atoms with E-state index in [1.54, 1.807) is 16.1 Å². The van der Waals surface area contributed by atoms with Crippen molar-refractivity contribution in [2.75, 3.05) is 0 Å². The van der Waals surface area contributed by atoms with E-state index in [4.69, 9.17) is 0 Å². The lowest BCUT2D eigenvalue weighted by Crippen LogP contribution is -2.45. The number of para-hydroxylation sites is 2. The van der Waals surface area contributed by atoms with E-state index in [-0.39, 0.29) is 30.5 Å². The van der Waals surface area contributed by atoms with Gasteiger partial charge in [-0.05, 0) is 24.5 Å². The van der Waals surface area contributed by atoms with Crippen LogP contribution in [0, 0.1) is 5.92 Å². The van der Waals surface area contributed by atoms with Crippen molar-refractivity contribution in [1.29, 1.82) is 0 Å². The third-order valence-corrected chi connectivity index (χ3v) is 4.73. The summed E-state index contributed by atoms with van der Waals surface area (Å²) in [4.78, 5) is 36.3. The van der Waals surface area contributed by atoms with E-state index in [1.807, 2.05) is 38.1 Å². The molecule has 1 amide bonds. The van der Waals surface area contributed by atoms with Gasteiger partial charge in [-0.3, -0.25) is 13.9 Å². The molecule has 1 aromatic heterocycles. The second kappa shape index (κ2) is 8.69. The van der Waals surface area contributed by atoms with Crippen LogP contribution in [0.3, 0.4) is 0 Å². The first-order chi connectivity index (χ1) is 12.4. The van der Waals surface area contributed by atoms with Gasteiger partial charge < -0.3 is 10.4 Å². The number of hydrogen-bond acceptors (Lipinski definition) is 3. The number of aromatic nitrogens is 2. The van der Waals surface area contributed by atoms with E-state index in [0.717, 1.165) is 17.5 Å². The van der Waals surface area contributed by atoms with Gasteiger partial charge >= 0.3 is 11.7 Å². The number of imidazole rings is 1. The molecule has 1 heterocycles. The summed E-state index contributed by atoms with van der Waals surface area (Å²) < 4.78 is 3.30. The maximum absolute atomic E-state index is 12.7. The Kier molecular flexibility index (Phi) is 6.60. The largest absolute Gasteiger partial charge is 0.480 e. The van der Waals surface area contributed by atoms with Crippen molar-refractivity contribution in [2.24, 2.45) is 5.92 Å². The van der Waals surface area contributed by atoms with Gasteiger partial charge in [0.15, 0.2) is 0 Å². The minimum absolute atomic E-state index is 0.0558. The molecule has 142 valence electrons. The molecule has 0 fully saturated rings. The number of aliphatic carboxylic acids is 1. The van der Waals surface area contributed by atoms with Gasteiger partial charge in [0.1, 0.15) is 6.04 Å². The van der Waals surface area contributed by atoms with Gasteiger partial charge in [0.2, 0.25) is 5.91 Å². The topological polar surface area (TPSA) is 93.3 Å². The lowest BCUT2D eigenvalue weighted by molar-refractivity contribution is -0.143. The maximum Gasteiger partial charge on any atom is 0.329 e. The first-order valence-electron chi connectivity index (χ1n) is 9.10. The highest BCUT2D eigenvalue weighted by atomic mass is 16.4. The molecule has 2 atom stereocenters. The van der Waals surface area contributed by atoms with Crippen LogP contribution in [0.2, 0.25) is 0 Å². The van der Waals surface area contributed by atoms with Crippen LogP contribution in [0.15, 0.2) is 29.1 Å². The number of rotatable bonds is 9. The lowest BCUT2D eigenvalue weighted by Gasteiger charge is -2.20. The summed E-state index contributed by atoms with van der Waals surface area (Å²) in [6.45, 7) is 6.52. The fourth-order valence-electron chi connectivity index (χ4n) is 3.07. The Bertz CT molecular complexity index is 837. The van der Waals surface area contributed by atoms with Gasteiger partial charge in [0, 0.05) is 19.5 Å². The van der Waals surface area contributed by atoms with Crippen molar-refractivity contribution in [3.05, 3.63) is 34.7 Å². The number of carbonyl (C=O) groups excluding carboxylic acids is 1. The van der Waals surface area contributed by atoms with Crippen molar-refractivity contribution in [3.63, 3.8) is 0 Å². The molecule has 2 rings (SSSR count). The fourth-order valence-corrected chi connectivity index (χ4v) is 3.07. The van der Waals surface area contributed by atoms with Crippen molar-refractivity contribution in [3.8, 4) is 0 Å². The first kappa shape index (κ1) is 19.8. The summed E-state index contributed by atoms with van der Waals surface area (Å²) in [6, 6.07) is 6.59. The van der Waals surface area contributed by atoms with Gasteiger partial charge in [-0.1, -0.05) is 39.3 Å². The maximum atomic E-state index is 12.7. The molecule has 0 aliphatic carbocycles. The van der Waals surface area contributed by atoms with Crippen molar-refractivity contribution < 1.29 is 14.7 Å². The smallest absolute Gasteiger partial charge is 0.329 e. The van der Waals surface area contributed by atoms with Crippen LogP contribution in [0.25, 0.3) is 11.0 Å². The standard InChI is InChI=1S/C19H27N3O4/c1-4-11-21-14-8-6-7-9-15(14)22(19(21)26)12-10-16(23)20-17(18(24)25)13(3)5-2/h6-9,13,17H,4-5,10-12H2,1-3H3,(H,20,23)(H,24,25). The van der Waals surface area contributed by atoms with E-state index in [2.05, 4.69) is 5.32 Å². The third-order valence-electron chi connectivity index (χ3n) is 4.73. The van der Waals surface area contributed by atoms with Crippen LogP contribution in [0.1, 0.15) is 40.0 Å². The molecule has 0 saturated carbocycles. The third kappa shape index (κ3) is 4.15. The Morgan fingerprint density at radius 2 is 1.69 bits per heavy atom. The molecule has 0 aliphatic rings. The average molecular weight is 361 g/mol. The summed E-state index contributed by atoms with van der Waals surface area (Å²) in [5.41, 5.74) is 1.50. The zero-order valence-corrected chi connectivity index (χ0v) is 15.6. The average Bonchev–Trinajstić information content (AvgIpc) is 2.89. The van der Waals surface area contributed by atoms with E-state index in [9.17, 15) is 19.5 Å². The second-order valence-electron chi connectivity index (χ2n) is 6.59. The van der Waals surface area contributed by atoms with Crippen LogP contribution in [-0.4, -0.2) is 32.2 Å². The second-order valence-corrected chi connectivity index (χ2v) is 6.59. The fraction of sp³-hybridized carbons (Fsp3) is 0.526. The highest BCUT2D eigenvalue weighted by molar-refractivity contribution is 5.84. The predicted octanol–water partition coefficient (Wildman–Crippen LogP) is 2.22. The normalized spacial score (nSPS) is 13.5. The molecular weight excluding hydrogens is 334 g/mol. The monoisotopic (exact) mass is 361 g/mol. The molecule has 2 unspecified atom stereocenters. The molecule has 7 nitrogen and oxygen atoms in total. The van der Waals surface area contributed by atoms with Crippen molar-refractivity contribution >= 4 is 22.9 Å². The van der Waals surface area contributed by atoms with E-state index in [0.29, 0.717) is 13.0 Å². The molecule has 0 bridgehead atoms. The van der Waals surface area contributed by atoms with Gasteiger partial charge in [0.05, 0.1) is 11.0 Å². The first-order valence-corrected chi connectivity index (χ1v) is 9.10. The summed E-state index contributed by atoms with van der Waals surface area (Å²) in [5, 5.41) is 11.9. The molecule has 0 radical (unpaired) electrons. The number of aryl methyl sites for hydroxylation is 2. The molecular formula is C19H27N3O4. The predicted molar refractivity (Wildman–Crippen MR) is 100 cm³/mol. The van der Waals surface area contributed by atoms with Gasteiger partial charge in [-0.25, -0.2) is 9.59 Å². The van der Waals surface area contributed by atoms with E-state index in [1.165, 1.54) is 0 Å². The SMILES string of the molecule is CCCn1c(=O)n(CCC(=O)NC(C(=O)O)C(C)CC)c2ccccc21. The van der Waals surface area contributed by atoms with E-state index >= 15 is 0 Å². The highest BCUT2D eigenvalue weighted by Gasteiger charge is 2.25. The van der Waals surface area contributed by atoms with Crippen LogP contribution < -0.4 is 11.0 Å². The number of benzene rings is 1. The van der Waals surface area contributed by atoms with Crippen molar-refractivity contribution in [1.82, 2.24) is 14.5 Å². The molecule has 0 spiro atoms. The number of carbonyl (C=O) groups is 2. The molecule has 7 heteroatoms. The van der Waals surface area contributed by atoms with Crippen LogP contribution in [0.5, 0.6) is 0 Å². The minimum Gasteiger partial charge on any atom is -0.480 e. The summed E-state index contributed by atoms with van der Waals surface area (Å²) in [6.07, 6.45) is 1.55. The number of carboxylic acids is 1. The van der Waals surface area contributed by atoms with Crippen LogP contribution in [-0.2, 0) is 22.7 Å². The number of fused-ring (bicyclic) bond motifs is 1. The summed E-state index contributed by atoms with van der Waals surface area (Å²) >= 11 is 0. The van der Waals surface area contributed by atoms with E-state index < -0.39 is 12.0 Å². The Morgan fingerprint density at radius 1 is 1.12 bits per heavy atom. The van der Waals surface area contributed by atoms with Crippen LogP contribution in [0.4, 0.5) is 0 Å². The van der Waals surface area contributed by atoms with Gasteiger partial charge in [-0.15, -0.1) is 0 Å². The summed E-state index contributed by atoms with van der Waals surface area (Å²) in [7, 11) is 0. The Labute approximate surface area is 152 Å². The van der Waals surface area contributed by atoms with Crippen molar-refractivity contribution in [2.45, 2.75) is 59.2 Å². The molecule has 26 heavy (non-hydrogen) atoms. The lowest BCUT2D eigenvalue weighted by atomic mass is 9.99. The number of carboxylic acid groups (broad SMARTS) is 1. The quantitative estimate of drug-likeness (QED) is 0.716. The Morgan fingerprint density at radius 3 is 2.19 bits per heavy atom. The highest BCUT2D eigenvalue weighted by Crippen LogP contribution is 2.14. The Hall–Kier alpha value is -2.57.